The Kier molecular flexibility index (Phi) is 8.29. The van der Waals surface area contributed by atoms with Crippen molar-refractivity contribution in [3.05, 3.63) is 30.3 Å². The first-order valence-electron chi connectivity index (χ1n) is 5.92. The molecule has 0 bridgehead atoms. The topological polar surface area (TPSA) is 116 Å². The summed E-state index contributed by atoms with van der Waals surface area (Å²) in [4.78, 5) is 0.283. The Labute approximate surface area is 125 Å². The van der Waals surface area contributed by atoms with E-state index in [1.54, 1.807) is 24.3 Å². The van der Waals surface area contributed by atoms with Crippen molar-refractivity contribution in [2.24, 2.45) is 0 Å². The zero-order chi connectivity index (χ0) is 16.4. The molecule has 0 radical (unpaired) electrons. The SMILES string of the molecule is CS(=O)(=O)CCC#N.N#CCCS(=O)(=O)c1ccccc1. The third-order valence-corrected chi connectivity index (χ3v) is 4.85. The minimum absolute atomic E-state index is 0.0243. The molecule has 0 aliphatic carbocycles. The Morgan fingerprint density at radius 2 is 1.38 bits per heavy atom. The van der Waals surface area contributed by atoms with Crippen molar-refractivity contribution in [3.8, 4) is 12.1 Å². The molecule has 1 aromatic carbocycles. The summed E-state index contributed by atoms with van der Waals surface area (Å²) < 4.78 is 43.4. The van der Waals surface area contributed by atoms with E-state index in [-0.39, 0.29) is 29.2 Å². The maximum Gasteiger partial charge on any atom is 0.179 e. The van der Waals surface area contributed by atoms with Crippen LogP contribution in [0.4, 0.5) is 0 Å². The van der Waals surface area contributed by atoms with E-state index < -0.39 is 19.7 Å². The molecule has 6 nitrogen and oxygen atoms in total. The molecule has 0 aromatic heterocycles. The van der Waals surface area contributed by atoms with Gasteiger partial charge in [-0.15, -0.1) is 0 Å². The second kappa shape index (κ2) is 9.11. The molecule has 114 valence electrons. The number of rotatable bonds is 5. The summed E-state index contributed by atoms with van der Waals surface area (Å²) in [5.41, 5.74) is 0. The van der Waals surface area contributed by atoms with Gasteiger partial charge in [-0.2, -0.15) is 10.5 Å². The van der Waals surface area contributed by atoms with E-state index in [4.69, 9.17) is 10.5 Å². The van der Waals surface area contributed by atoms with Crippen LogP contribution in [0, 0.1) is 22.7 Å². The third kappa shape index (κ3) is 9.61. The van der Waals surface area contributed by atoms with Crippen molar-refractivity contribution < 1.29 is 16.8 Å². The smallest absolute Gasteiger partial charge is 0.179 e. The fourth-order valence-electron chi connectivity index (χ4n) is 1.16. The molecule has 0 unspecified atom stereocenters. The number of nitrogens with zero attached hydrogens (tertiary/aromatic N) is 2. The first kappa shape index (κ1) is 19.1. The summed E-state index contributed by atoms with van der Waals surface area (Å²) in [7, 11) is -6.15. The lowest BCUT2D eigenvalue weighted by atomic mass is 10.4. The Bertz CT molecular complexity index is 712. The Morgan fingerprint density at radius 3 is 1.76 bits per heavy atom. The highest BCUT2D eigenvalue weighted by Crippen LogP contribution is 2.10. The number of benzene rings is 1. The molecule has 21 heavy (non-hydrogen) atoms. The molecule has 0 aliphatic heterocycles. The summed E-state index contributed by atoms with van der Waals surface area (Å²) in [6, 6.07) is 11.7. The highest BCUT2D eigenvalue weighted by atomic mass is 32.2. The fourth-order valence-corrected chi connectivity index (χ4v) is 2.79. The van der Waals surface area contributed by atoms with Crippen molar-refractivity contribution in [1.82, 2.24) is 0 Å². The third-order valence-electron chi connectivity index (χ3n) is 2.17. The van der Waals surface area contributed by atoms with Crippen molar-refractivity contribution in [3.63, 3.8) is 0 Å². The van der Waals surface area contributed by atoms with Crippen LogP contribution in [-0.2, 0) is 19.7 Å². The largest absolute Gasteiger partial charge is 0.229 e. The van der Waals surface area contributed by atoms with Crippen LogP contribution < -0.4 is 0 Å². The number of nitriles is 2. The van der Waals surface area contributed by atoms with Gasteiger partial charge in [0.1, 0.15) is 9.84 Å². The molecule has 0 fully saturated rings. The van der Waals surface area contributed by atoms with Gasteiger partial charge in [0, 0.05) is 19.1 Å². The molecule has 0 atom stereocenters. The normalized spacial score (nSPS) is 10.6. The minimum atomic E-state index is -3.24. The van der Waals surface area contributed by atoms with Crippen molar-refractivity contribution >= 4 is 19.7 Å². The van der Waals surface area contributed by atoms with Gasteiger partial charge >= 0.3 is 0 Å². The van der Waals surface area contributed by atoms with Crippen LogP contribution in [0.5, 0.6) is 0 Å². The number of hydrogen-bond acceptors (Lipinski definition) is 6. The lowest BCUT2D eigenvalue weighted by Gasteiger charge is -1.99. The van der Waals surface area contributed by atoms with Crippen LogP contribution in [0.1, 0.15) is 12.8 Å². The average Bonchev–Trinajstić information content (AvgIpc) is 2.44. The molecule has 1 rings (SSSR count). The predicted molar refractivity (Wildman–Crippen MR) is 78.7 cm³/mol. The van der Waals surface area contributed by atoms with Crippen LogP contribution in [0.15, 0.2) is 35.2 Å². The van der Waals surface area contributed by atoms with Crippen molar-refractivity contribution in [1.29, 1.82) is 10.5 Å². The second-order valence-corrected chi connectivity index (χ2v) is 8.45. The molecule has 0 N–H and O–H groups in total. The van der Waals surface area contributed by atoms with Gasteiger partial charge in [0.05, 0.1) is 28.5 Å². The standard InChI is InChI=1S/C9H9NO2S.C4H7NO2S/c10-7-4-8-13(11,12)9-5-2-1-3-6-9;1-8(6,7)4-2-3-5/h1-3,5-6H,4,8H2;2,4H2,1H3. The Hall–Kier alpha value is -1.90. The summed E-state index contributed by atoms with van der Waals surface area (Å²) in [6.45, 7) is 0. The maximum atomic E-state index is 11.4. The minimum Gasteiger partial charge on any atom is -0.229 e. The van der Waals surface area contributed by atoms with Crippen LogP contribution in [0.25, 0.3) is 0 Å². The van der Waals surface area contributed by atoms with Gasteiger partial charge in [-0.1, -0.05) is 18.2 Å². The van der Waals surface area contributed by atoms with E-state index in [1.807, 2.05) is 6.07 Å². The van der Waals surface area contributed by atoms with E-state index in [9.17, 15) is 16.8 Å². The monoisotopic (exact) mass is 328 g/mol. The number of hydrogen-bond donors (Lipinski definition) is 0. The lowest BCUT2D eigenvalue weighted by molar-refractivity contribution is 0.595. The zero-order valence-corrected chi connectivity index (χ0v) is 13.2. The first-order chi connectivity index (χ1) is 9.73. The zero-order valence-electron chi connectivity index (χ0n) is 11.6. The highest BCUT2D eigenvalue weighted by molar-refractivity contribution is 7.91. The van der Waals surface area contributed by atoms with Crippen LogP contribution in [0.2, 0.25) is 0 Å². The lowest BCUT2D eigenvalue weighted by Crippen LogP contribution is -2.05. The van der Waals surface area contributed by atoms with Gasteiger partial charge < -0.3 is 0 Å². The average molecular weight is 328 g/mol. The summed E-state index contributed by atoms with van der Waals surface area (Å²) in [5, 5.41) is 16.2. The van der Waals surface area contributed by atoms with E-state index >= 15 is 0 Å². The van der Waals surface area contributed by atoms with Crippen LogP contribution in [0.3, 0.4) is 0 Å². The summed E-state index contributed by atoms with van der Waals surface area (Å²) in [6.07, 6.45) is 1.25. The first-order valence-corrected chi connectivity index (χ1v) is 9.63. The Balaban J connectivity index is 0.000000433. The van der Waals surface area contributed by atoms with Gasteiger partial charge in [-0.05, 0) is 12.1 Å². The summed E-state index contributed by atoms with van der Waals surface area (Å²) >= 11 is 0. The molecule has 0 heterocycles. The van der Waals surface area contributed by atoms with Crippen molar-refractivity contribution in [2.75, 3.05) is 17.8 Å². The molecule has 0 saturated heterocycles. The van der Waals surface area contributed by atoms with Gasteiger partial charge in [-0.3, -0.25) is 0 Å². The maximum absolute atomic E-state index is 11.4. The fraction of sp³-hybridized carbons (Fsp3) is 0.385. The summed E-state index contributed by atoms with van der Waals surface area (Å²) in [5.74, 6) is -0.128. The van der Waals surface area contributed by atoms with Crippen LogP contribution in [-0.4, -0.2) is 34.6 Å². The van der Waals surface area contributed by atoms with E-state index in [0.717, 1.165) is 6.26 Å². The van der Waals surface area contributed by atoms with Gasteiger partial charge in [-0.25, -0.2) is 16.8 Å². The van der Waals surface area contributed by atoms with Crippen LogP contribution >= 0.6 is 0 Å². The van der Waals surface area contributed by atoms with E-state index in [2.05, 4.69) is 0 Å². The van der Waals surface area contributed by atoms with E-state index in [0.29, 0.717) is 0 Å². The van der Waals surface area contributed by atoms with E-state index in [1.165, 1.54) is 12.1 Å². The molecular formula is C13H16N2O4S2. The highest BCUT2D eigenvalue weighted by Gasteiger charge is 2.12. The van der Waals surface area contributed by atoms with Crippen molar-refractivity contribution in [2.45, 2.75) is 17.7 Å². The quantitative estimate of drug-likeness (QED) is 0.804. The predicted octanol–water partition coefficient (Wildman–Crippen LogP) is 1.32. The molecule has 1 aromatic rings. The molecule has 0 spiro atoms. The van der Waals surface area contributed by atoms with Gasteiger partial charge in [0.15, 0.2) is 9.84 Å². The second-order valence-electron chi connectivity index (χ2n) is 4.08. The Morgan fingerprint density at radius 1 is 0.905 bits per heavy atom. The van der Waals surface area contributed by atoms with Gasteiger partial charge in [0.2, 0.25) is 0 Å². The molecule has 0 aliphatic rings. The molecule has 0 saturated carbocycles. The molecule has 8 heteroatoms. The molecular weight excluding hydrogens is 312 g/mol. The molecule has 0 amide bonds. The van der Waals surface area contributed by atoms with Gasteiger partial charge in [0.25, 0.3) is 0 Å². The number of sulfone groups is 2.